The van der Waals surface area contributed by atoms with Crippen LogP contribution in [0.25, 0.3) is 0 Å². The van der Waals surface area contributed by atoms with Crippen molar-refractivity contribution in [3.05, 3.63) is 65.2 Å². The minimum atomic E-state index is -0.219. The molecule has 22 heavy (non-hydrogen) atoms. The minimum absolute atomic E-state index is 0.219. The van der Waals surface area contributed by atoms with Gasteiger partial charge in [-0.1, -0.05) is 37.3 Å². The van der Waals surface area contributed by atoms with Crippen molar-refractivity contribution in [1.82, 2.24) is 10.9 Å². The third-order valence-corrected chi connectivity index (χ3v) is 3.50. The Hall–Kier alpha value is -2.40. The number of hydrogen-bond donors (Lipinski definition) is 3. The Morgan fingerprint density at radius 3 is 2.36 bits per heavy atom. The van der Waals surface area contributed by atoms with Gasteiger partial charge in [0.1, 0.15) is 0 Å². The lowest BCUT2D eigenvalue weighted by atomic mass is 10.1. The summed E-state index contributed by atoms with van der Waals surface area (Å²) in [7, 11) is 0. The van der Waals surface area contributed by atoms with E-state index >= 15 is 0 Å². The summed E-state index contributed by atoms with van der Waals surface area (Å²) >= 11 is 5.16. The summed E-state index contributed by atoms with van der Waals surface area (Å²) < 4.78 is 0. The largest absolute Gasteiger partial charge is 0.331 e. The summed E-state index contributed by atoms with van der Waals surface area (Å²) in [6, 6.07) is 15.4. The maximum atomic E-state index is 12.0. The van der Waals surface area contributed by atoms with Crippen LogP contribution in [0, 0.1) is 6.92 Å². The van der Waals surface area contributed by atoms with Gasteiger partial charge in [-0.25, -0.2) is 0 Å². The quantitative estimate of drug-likeness (QED) is 0.602. The van der Waals surface area contributed by atoms with Gasteiger partial charge in [0.05, 0.1) is 0 Å². The molecule has 4 nitrogen and oxygen atoms in total. The smallest absolute Gasteiger partial charge is 0.269 e. The lowest BCUT2D eigenvalue weighted by Gasteiger charge is -2.12. The second-order valence-corrected chi connectivity index (χ2v) is 5.31. The van der Waals surface area contributed by atoms with Crippen LogP contribution in [0.3, 0.4) is 0 Å². The van der Waals surface area contributed by atoms with Crippen molar-refractivity contribution in [3.8, 4) is 0 Å². The summed E-state index contributed by atoms with van der Waals surface area (Å²) in [6.45, 7) is 4.00. The van der Waals surface area contributed by atoms with E-state index < -0.39 is 0 Å². The van der Waals surface area contributed by atoms with Gasteiger partial charge in [0.25, 0.3) is 5.91 Å². The maximum Gasteiger partial charge on any atom is 0.269 e. The van der Waals surface area contributed by atoms with E-state index in [-0.39, 0.29) is 5.91 Å². The normalized spacial score (nSPS) is 9.91. The molecule has 0 aliphatic carbocycles. The second kappa shape index (κ2) is 7.56. The predicted octanol–water partition coefficient (Wildman–Crippen LogP) is 3.19. The van der Waals surface area contributed by atoms with Crippen molar-refractivity contribution in [2.75, 3.05) is 5.32 Å². The number of anilines is 1. The summed E-state index contributed by atoms with van der Waals surface area (Å²) in [5.41, 5.74) is 8.96. The average molecular weight is 313 g/mol. The zero-order chi connectivity index (χ0) is 15.9. The highest BCUT2D eigenvalue weighted by atomic mass is 32.1. The van der Waals surface area contributed by atoms with Gasteiger partial charge in [0.2, 0.25) is 0 Å². The molecule has 0 unspecified atom stereocenters. The molecule has 0 heterocycles. The predicted molar refractivity (Wildman–Crippen MR) is 93.8 cm³/mol. The Kier molecular flexibility index (Phi) is 5.49. The molecule has 0 aromatic heterocycles. The molecule has 114 valence electrons. The van der Waals surface area contributed by atoms with Crippen LogP contribution in [-0.4, -0.2) is 11.0 Å². The van der Waals surface area contributed by atoms with Crippen molar-refractivity contribution in [1.29, 1.82) is 0 Å². The van der Waals surface area contributed by atoms with Gasteiger partial charge in [-0.2, -0.15) is 0 Å². The fourth-order valence-electron chi connectivity index (χ4n) is 1.99. The highest BCUT2D eigenvalue weighted by Gasteiger charge is 2.08. The standard InChI is InChI=1S/C17H19N3OS/c1-3-13-8-10-14(11-9-13)18-17(22)20-19-16(21)15-7-5-4-6-12(15)2/h4-11H,3H2,1-2H3,(H,19,21)(H2,18,20,22). The number of carbonyl (C=O) groups is 1. The third kappa shape index (κ3) is 4.30. The Balaban J connectivity index is 1.87. The van der Waals surface area contributed by atoms with Gasteiger partial charge in [-0.3, -0.25) is 15.6 Å². The average Bonchev–Trinajstić information content (AvgIpc) is 2.54. The number of amides is 1. The molecule has 3 N–H and O–H groups in total. The number of nitrogens with one attached hydrogen (secondary N) is 3. The van der Waals surface area contributed by atoms with Crippen LogP contribution < -0.4 is 16.2 Å². The van der Waals surface area contributed by atoms with E-state index in [4.69, 9.17) is 12.2 Å². The molecule has 0 saturated heterocycles. The topological polar surface area (TPSA) is 53.2 Å². The SMILES string of the molecule is CCc1ccc(NC(=S)NNC(=O)c2ccccc2C)cc1. The van der Waals surface area contributed by atoms with Crippen LogP contribution in [0.15, 0.2) is 48.5 Å². The number of rotatable bonds is 3. The molecule has 0 aliphatic rings. The first kappa shape index (κ1) is 16.0. The monoisotopic (exact) mass is 313 g/mol. The highest BCUT2D eigenvalue weighted by Crippen LogP contribution is 2.09. The molecule has 1 amide bonds. The molecule has 2 aromatic carbocycles. The molecule has 0 aliphatic heterocycles. The van der Waals surface area contributed by atoms with E-state index in [1.165, 1.54) is 5.56 Å². The first-order valence-corrected chi connectivity index (χ1v) is 7.53. The summed E-state index contributed by atoms with van der Waals surface area (Å²) in [5.74, 6) is -0.219. The lowest BCUT2D eigenvalue weighted by molar-refractivity contribution is 0.0943. The molecular formula is C17H19N3OS. The van der Waals surface area contributed by atoms with E-state index in [2.05, 4.69) is 23.1 Å². The number of hydrogen-bond acceptors (Lipinski definition) is 2. The zero-order valence-corrected chi connectivity index (χ0v) is 13.5. The summed E-state index contributed by atoms with van der Waals surface area (Å²) in [6.07, 6.45) is 0.995. The van der Waals surface area contributed by atoms with Gasteiger partial charge in [-0.15, -0.1) is 0 Å². The van der Waals surface area contributed by atoms with Gasteiger partial charge < -0.3 is 5.32 Å². The number of carbonyl (C=O) groups excluding carboxylic acids is 1. The van der Waals surface area contributed by atoms with Crippen molar-refractivity contribution in [2.24, 2.45) is 0 Å². The second-order valence-electron chi connectivity index (χ2n) is 4.90. The van der Waals surface area contributed by atoms with Gasteiger partial charge in [0.15, 0.2) is 5.11 Å². The van der Waals surface area contributed by atoms with Crippen LogP contribution in [0.4, 0.5) is 5.69 Å². The summed E-state index contributed by atoms with van der Waals surface area (Å²) in [4.78, 5) is 12.0. The number of aryl methyl sites for hydroxylation is 2. The summed E-state index contributed by atoms with van der Waals surface area (Å²) in [5, 5.41) is 3.36. The Bertz CT molecular complexity index is 668. The first-order chi connectivity index (χ1) is 10.6. The van der Waals surface area contributed by atoms with Crippen molar-refractivity contribution in [3.63, 3.8) is 0 Å². The van der Waals surface area contributed by atoms with Crippen molar-refractivity contribution in [2.45, 2.75) is 20.3 Å². The molecule has 0 saturated carbocycles. The first-order valence-electron chi connectivity index (χ1n) is 7.12. The van der Waals surface area contributed by atoms with Crippen molar-refractivity contribution >= 4 is 28.9 Å². The van der Waals surface area contributed by atoms with E-state index in [1.54, 1.807) is 6.07 Å². The molecule has 0 radical (unpaired) electrons. The van der Waals surface area contributed by atoms with Crippen LogP contribution in [0.2, 0.25) is 0 Å². The van der Waals surface area contributed by atoms with Crippen LogP contribution >= 0.6 is 12.2 Å². The van der Waals surface area contributed by atoms with E-state index in [9.17, 15) is 4.79 Å². The molecule has 0 fully saturated rings. The van der Waals surface area contributed by atoms with Gasteiger partial charge >= 0.3 is 0 Å². The molecular weight excluding hydrogens is 294 g/mol. The lowest BCUT2D eigenvalue weighted by Crippen LogP contribution is -2.43. The van der Waals surface area contributed by atoms with Crippen molar-refractivity contribution < 1.29 is 4.79 Å². The highest BCUT2D eigenvalue weighted by molar-refractivity contribution is 7.80. The molecule has 0 bridgehead atoms. The van der Waals surface area contributed by atoms with E-state index in [0.717, 1.165) is 17.7 Å². The number of thiocarbonyl (C=S) groups is 1. The van der Waals surface area contributed by atoms with Gasteiger partial charge in [-0.05, 0) is 54.9 Å². The van der Waals surface area contributed by atoms with E-state index in [1.807, 2.05) is 49.4 Å². The minimum Gasteiger partial charge on any atom is -0.331 e. The van der Waals surface area contributed by atoms with Crippen LogP contribution in [0.5, 0.6) is 0 Å². The molecule has 2 aromatic rings. The zero-order valence-electron chi connectivity index (χ0n) is 12.6. The Labute approximate surface area is 135 Å². The third-order valence-electron chi connectivity index (χ3n) is 3.30. The van der Waals surface area contributed by atoms with E-state index in [0.29, 0.717) is 10.7 Å². The molecule has 0 atom stereocenters. The number of hydrazine groups is 1. The Morgan fingerprint density at radius 2 is 1.73 bits per heavy atom. The van der Waals surface area contributed by atoms with Crippen LogP contribution in [-0.2, 0) is 6.42 Å². The molecule has 0 spiro atoms. The molecule has 2 rings (SSSR count). The molecule has 5 heteroatoms. The van der Waals surface area contributed by atoms with Crippen LogP contribution in [0.1, 0.15) is 28.4 Å². The van der Waals surface area contributed by atoms with Gasteiger partial charge in [0, 0.05) is 11.3 Å². The fourth-order valence-corrected chi connectivity index (χ4v) is 2.16. The maximum absolute atomic E-state index is 12.0. The number of benzene rings is 2. The fraction of sp³-hybridized carbons (Fsp3) is 0.176. The Morgan fingerprint density at radius 1 is 1.05 bits per heavy atom.